The molecule has 29 heavy (non-hydrogen) atoms. The number of thioether (sulfide) groups is 1. The number of ether oxygens (including phenoxy) is 1. The Kier molecular flexibility index (Phi) is 6.90. The lowest BCUT2D eigenvalue weighted by Gasteiger charge is -2.16. The zero-order valence-electron chi connectivity index (χ0n) is 15.7. The second-order valence-electron chi connectivity index (χ2n) is 6.14. The molecule has 0 bridgehead atoms. The molecule has 0 spiro atoms. The number of non-ortho nitro benzene ring substituents is 1. The minimum absolute atomic E-state index is 0.0707. The highest BCUT2D eigenvalue weighted by molar-refractivity contribution is 7.98. The minimum Gasteiger partial charge on any atom is -0.481 e. The molecule has 0 saturated heterocycles. The molecule has 0 N–H and O–H groups in total. The van der Waals surface area contributed by atoms with E-state index in [1.807, 2.05) is 23.6 Å². The number of nitro groups is 1. The lowest BCUT2D eigenvalue weighted by Crippen LogP contribution is -2.12. The van der Waals surface area contributed by atoms with Gasteiger partial charge in [0.2, 0.25) is 0 Å². The van der Waals surface area contributed by atoms with Gasteiger partial charge in [0.25, 0.3) is 5.69 Å². The molecule has 0 saturated carbocycles. The summed E-state index contributed by atoms with van der Waals surface area (Å²) in [5.74, 6) is 1.85. The van der Waals surface area contributed by atoms with Crippen LogP contribution >= 0.6 is 23.4 Å². The van der Waals surface area contributed by atoms with Crippen molar-refractivity contribution in [1.82, 2.24) is 14.8 Å². The number of benzene rings is 2. The Labute approximate surface area is 177 Å². The smallest absolute Gasteiger partial charge is 0.269 e. The van der Waals surface area contributed by atoms with Crippen LogP contribution in [-0.2, 0) is 12.3 Å². The standard InChI is InChI=1S/C20H19ClN4O3S/c1-3-12-24-19(14(2)28-18-7-5-4-6-17(18)21)22-23-20(24)29-13-15-8-10-16(11-9-15)25(26)27/h3-11,14H,1,12-13H2,2H3. The van der Waals surface area contributed by atoms with Gasteiger partial charge < -0.3 is 4.74 Å². The first-order valence-electron chi connectivity index (χ1n) is 8.81. The van der Waals surface area contributed by atoms with Gasteiger partial charge in [-0.05, 0) is 24.6 Å². The first kappa shape index (κ1) is 20.9. The van der Waals surface area contributed by atoms with Crippen molar-refractivity contribution < 1.29 is 9.66 Å². The zero-order chi connectivity index (χ0) is 20.8. The van der Waals surface area contributed by atoms with Crippen LogP contribution in [0.3, 0.4) is 0 Å². The second-order valence-corrected chi connectivity index (χ2v) is 7.49. The average molecular weight is 431 g/mol. The SMILES string of the molecule is C=CCn1c(SCc2ccc([N+](=O)[O-])cc2)nnc1C(C)Oc1ccccc1Cl. The number of hydrogen-bond acceptors (Lipinski definition) is 6. The normalized spacial score (nSPS) is 11.8. The molecule has 0 amide bonds. The number of rotatable bonds is 9. The summed E-state index contributed by atoms with van der Waals surface area (Å²) < 4.78 is 7.90. The maximum atomic E-state index is 10.8. The zero-order valence-corrected chi connectivity index (χ0v) is 17.3. The molecule has 3 aromatic rings. The maximum Gasteiger partial charge on any atom is 0.269 e. The summed E-state index contributed by atoms with van der Waals surface area (Å²) in [7, 11) is 0. The molecular formula is C20H19ClN4O3S. The summed E-state index contributed by atoms with van der Waals surface area (Å²) in [4.78, 5) is 10.4. The predicted molar refractivity (Wildman–Crippen MR) is 113 cm³/mol. The molecule has 0 aliphatic rings. The van der Waals surface area contributed by atoms with Gasteiger partial charge in [-0.25, -0.2) is 0 Å². The molecule has 150 valence electrons. The maximum absolute atomic E-state index is 10.8. The highest BCUT2D eigenvalue weighted by atomic mass is 35.5. The number of nitro benzene ring substituents is 1. The van der Waals surface area contributed by atoms with E-state index in [2.05, 4.69) is 16.8 Å². The number of allylic oxidation sites excluding steroid dienone is 1. The highest BCUT2D eigenvalue weighted by Crippen LogP contribution is 2.30. The molecule has 3 rings (SSSR count). The van der Waals surface area contributed by atoms with Crippen LogP contribution in [0.1, 0.15) is 24.4 Å². The summed E-state index contributed by atoms with van der Waals surface area (Å²) in [6.45, 7) is 6.22. The molecule has 0 fully saturated rings. The van der Waals surface area contributed by atoms with Crippen molar-refractivity contribution in [2.45, 2.75) is 30.5 Å². The van der Waals surface area contributed by atoms with Gasteiger partial charge in [-0.15, -0.1) is 16.8 Å². The van der Waals surface area contributed by atoms with Crippen LogP contribution < -0.4 is 4.74 Å². The van der Waals surface area contributed by atoms with Gasteiger partial charge in [0.1, 0.15) is 5.75 Å². The van der Waals surface area contributed by atoms with E-state index in [1.54, 1.807) is 30.3 Å². The van der Waals surface area contributed by atoms with Crippen molar-refractivity contribution in [2.75, 3.05) is 0 Å². The molecule has 1 heterocycles. The van der Waals surface area contributed by atoms with E-state index >= 15 is 0 Å². The Bertz CT molecular complexity index is 1010. The molecule has 9 heteroatoms. The first-order valence-corrected chi connectivity index (χ1v) is 10.2. The van der Waals surface area contributed by atoms with E-state index in [1.165, 1.54) is 23.9 Å². The van der Waals surface area contributed by atoms with Crippen LogP contribution in [0.2, 0.25) is 5.02 Å². The Morgan fingerprint density at radius 2 is 2.00 bits per heavy atom. The third-order valence-electron chi connectivity index (χ3n) is 4.08. The van der Waals surface area contributed by atoms with E-state index in [0.29, 0.717) is 34.1 Å². The van der Waals surface area contributed by atoms with Crippen molar-refractivity contribution in [3.05, 3.63) is 87.7 Å². The second kappa shape index (κ2) is 9.58. The van der Waals surface area contributed by atoms with E-state index in [9.17, 15) is 10.1 Å². The fraction of sp³-hybridized carbons (Fsp3) is 0.200. The third kappa shape index (κ3) is 5.16. The van der Waals surface area contributed by atoms with Gasteiger partial charge in [0.05, 0.1) is 9.95 Å². The van der Waals surface area contributed by atoms with Gasteiger partial charge in [-0.2, -0.15) is 0 Å². The Morgan fingerprint density at radius 3 is 2.66 bits per heavy atom. The molecule has 0 aliphatic carbocycles. The molecule has 2 aromatic carbocycles. The Morgan fingerprint density at radius 1 is 1.28 bits per heavy atom. The number of nitrogens with zero attached hydrogens (tertiary/aromatic N) is 4. The topological polar surface area (TPSA) is 83.1 Å². The Balaban J connectivity index is 1.74. The van der Waals surface area contributed by atoms with E-state index in [0.717, 1.165) is 5.56 Å². The van der Waals surface area contributed by atoms with Crippen LogP contribution in [-0.4, -0.2) is 19.7 Å². The lowest BCUT2D eigenvalue weighted by molar-refractivity contribution is -0.384. The summed E-state index contributed by atoms with van der Waals surface area (Å²) in [6.07, 6.45) is 1.40. The summed E-state index contributed by atoms with van der Waals surface area (Å²) >= 11 is 7.67. The van der Waals surface area contributed by atoms with Crippen LogP contribution in [0.25, 0.3) is 0 Å². The third-order valence-corrected chi connectivity index (χ3v) is 5.43. The number of halogens is 1. The predicted octanol–water partition coefficient (Wildman–Crippen LogP) is 5.46. The largest absolute Gasteiger partial charge is 0.481 e. The lowest BCUT2D eigenvalue weighted by atomic mass is 10.2. The van der Waals surface area contributed by atoms with Crippen LogP contribution in [0, 0.1) is 10.1 Å². The summed E-state index contributed by atoms with van der Waals surface area (Å²) in [5.41, 5.74) is 1.03. The molecule has 1 unspecified atom stereocenters. The first-order chi connectivity index (χ1) is 14.0. The van der Waals surface area contributed by atoms with Crippen LogP contribution in [0.4, 0.5) is 5.69 Å². The summed E-state index contributed by atoms with van der Waals surface area (Å²) in [5, 5.41) is 20.6. The van der Waals surface area contributed by atoms with Crippen LogP contribution in [0.15, 0.2) is 66.3 Å². The molecule has 0 radical (unpaired) electrons. The van der Waals surface area contributed by atoms with Crippen molar-refractivity contribution in [3.8, 4) is 5.75 Å². The summed E-state index contributed by atoms with van der Waals surface area (Å²) in [6, 6.07) is 13.7. The van der Waals surface area contributed by atoms with Gasteiger partial charge in [-0.1, -0.05) is 53.7 Å². The van der Waals surface area contributed by atoms with Gasteiger partial charge in [-0.3, -0.25) is 14.7 Å². The highest BCUT2D eigenvalue weighted by Gasteiger charge is 2.20. The fourth-order valence-electron chi connectivity index (χ4n) is 2.65. The van der Waals surface area contributed by atoms with Crippen molar-refractivity contribution in [3.63, 3.8) is 0 Å². The van der Waals surface area contributed by atoms with Gasteiger partial charge >= 0.3 is 0 Å². The van der Waals surface area contributed by atoms with Gasteiger partial charge in [0.15, 0.2) is 17.1 Å². The van der Waals surface area contributed by atoms with Crippen molar-refractivity contribution >= 4 is 29.1 Å². The molecule has 1 aromatic heterocycles. The number of para-hydroxylation sites is 1. The number of hydrogen-bond donors (Lipinski definition) is 0. The van der Waals surface area contributed by atoms with E-state index in [-0.39, 0.29) is 11.8 Å². The minimum atomic E-state index is -0.412. The molecule has 7 nitrogen and oxygen atoms in total. The van der Waals surface area contributed by atoms with Crippen molar-refractivity contribution in [2.24, 2.45) is 0 Å². The average Bonchev–Trinajstić information content (AvgIpc) is 3.11. The van der Waals surface area contributed by atoms with E-state index in [4.69, 9.17) is 16.3 Å². The molecule has 0 aliphatic heterocycles. The number of aromatic nitrogens is 3. The fourth-order valence-corrected chi connectivity index (χ4v) is 3.74. The Hall–Kier alpha value is -2.84. The van der Waals surface area contributed by atoms with Crippen LogP contribution in [0.5, 0.6) is 5.75 Å². The molecular weight excluding hydrogens is 412 g/mol. The monoisotopic (exact) mass is 430 g/mol. The van der Waals surface area contributed by atoms with Gasteiger partial charge in [0, 0.05) is 24.4 Å². The van der Waals surface area contributed by atoms with Crippen molar-refractivity contribution in [1.29, 1.82) is 0 Å². The van der Waals surface area contributed by atoms with E-state index < -0.39 is 4.92 Å². The molecule has 1 atom stereocenters. The quantitative estimate of drug-likeness (QED) is 0.194.